The molecule has 0 fully saturated rings. The number of aliphatic hydroxyl groups is 1. The van der Waals surface area contributed by atoms with Gasteiger partial charge in [-0.1, -0.05) is 0 Å². The number of rotatable bonds is 7. The number of halogens is 1. The van der Waals surface area contributed by atoms with Gasteiger partial charge in [0.1, 0.15) is 5.82 Å². The van der Waals surface area contributed by atoms with Gasteiger partial charge in [0.2, 0.25) is 5.95 Å². The standard InChI is InChI=1S/C20H23BrN6OS/c1-11-9-12(2)24-20(23-11)29-16-7-5-15(6-8-16)26-19-22-10-17(21)18(27-19)25-13(3)14(4)28/h5-10,13-14,28H,1-4H3,(H2,22,25,26,27)/t13-,14-/m1/s1. The minimum absolute atomic E-state index is 0.141. The molecular formula is C20H23BrN6OS. The van der Waals surface area contributed by atoms with Crippen LogP contribution in [0.15, 0.2) is 51.1 Å². The number of nitrogens with one attached hydrogen (secondary N) is 2. The number of anilines is 3. The molecule has 3 N–H and O–H groups in total. The molecule has 152 valence electrons. The third-order valence-corrected chi connectivity index (χ3v) is 5.57. The highest BCUT2D eigenvalue weighted by Crippen LogP contribution is 2.27. The Hall–Kier alpha value is -2.23. The first-order valence-electron chi connectivity index (χ1n) is 9.14. The Morgan fingerprint density at radius 2 is 1.69 bits per heavy atom. The molecule has 2 aromatic heterocycles. The number of nitrogens with zero attached hydrogens (tertiary/aromatic N) is 4. The van der Waals surface area contributed by atoms with Crippen molar-refractivity contribution in [3.63, 3.8) is 0 Å². The number of aliphatic hydroxyl groups excluding tert-OH is 1. The monoisotopic (exact) mass is 474 g/mol. The van der Waals surface area contributed by atoms with Crippen LogP contribution in [0.3, 0.4) is 0 Å². The van der Waals surface area contributed by atoms with E-state index in [1.54, 1.807) is 13.1 Å². The molecule has 2 heterocycles. The molecule has 0 aliphatic rings. The summed E-state index contributed by atoms with van der Waals surface area (Å²) in [5, 5.41) is 16.8. The number of aryl methyl sites for hydroxylation is 2. The topological polar surface area (TPSA) is 95.9 Å². The fourth-order valence-corrected chi connectivity index (χ4v) is 3.61. The van der Waals surface area contributed by atoms with Gasteiger partial charge in [-0.15, -0.1) is 0 Å². The molecule has 0 spiro atoms. The molecule has 3 rings (SSSR count). The highest BCUT2D eigenvalue weighted by molar-refractivity contribution is 9.10. The summed E-state index contributed by atoms with van der Waals surface area (Å²) in [5.41, 5.74) is 2.78. The smallest absolute Gasteiger partial charge is 0.229 e. The normalized spacial score (nSPS) is 13.0. The molecule has 3 aromatic rings. The molecule has 9 heteroatoms. The van der Waals surface area contributed by atoms with Gasteiger partial charge in [0.15, 0.2) is 5.16 Å². The zero-order chi connectivity index (χ0) is 21.0. The lowest BCUT2D eigenvalue weighted by Gasteiger charge is -2.18. The molecule has 1 aromatic carbocycles. The van der Waals surface area contributed by atoms with Crippen molar-refractivity contribution in [3.05, 3.63) is 52.4 Å². The molecule has 0 aliphatic carbocycles. The van der Waals surface area contributed by atoms with E-state index in [2.05, 4.69) is 46.5 Å². The van der Waals surface area contributed by atoms with Crippen LogP contribution in [0.2, 0.25) is 0 Å². The summed E-state index contributed by atoms with van der Waals surface area (Å²) in [6.45, 7) is 7.56. The van der Waals surface area contributed by atoms with Crippen LogP contribution < -0.4 is 10.6 Å². The van der Waals surface area contributed by atoms with Crippen molar-refractivity contribution in [1.82, 2.24) is 19.9 Å². The second-order valence-corrected chi connectivity index (χ2v) is 8.64. The average Bonchev–Trinajstić information content (AvgIpc) is 2.65. The Morgan fingerprint density at radius 3 is 2.31 bits per heavy atom. The third-order valence-electron chi connectivity index (χ3n) is 4.11. The molecule has 0 saturated heterocycles. The van der Waals surface area contributed by atoms with Crippen molar-refractivity contribution >= 4 is 45.1 Å². The van der Waals surface area contributed by atoms with E-state index >= 15 is 0 Å². The van der Waals surface area contributed by atoms with Gasteiger partial charge in [-0.2, -0.15) is 4.98 Å². The quantitative estimate of drug-likeness (QED) is 0.423. The molecule has 0 aliphatic heterocycles. The average molecular weight is 475 g/mol. The highest BCUT2D eigenvalue weighted by Gasteiger charge is 2.12. The minimum atomic E-state index is -0.500. The van der Waals surface area contributed by atoms with Gasteiger partial charge >= 0.3 is 0 Å². The molecule has 0 unspecified atom stereocenters. The van der Waals surface area contributed by atoms with Gasteiger partial charge in [-0.3, -0.25) is 0 Å². The molecule has 0 bridgehead atoms. The summed E-state index contributed by atoms with van der Waals surface area (Å²) in [7, 11) is 0. The summed E-state index contributed by atoms with van der Waals surface area (Å²) >= 11 is 4.96. The molecule has 0 amide bonds. The van der Waals surface area contributed by atoms with Gasteiger partial charge in [-0.25, -0.2) is 15.0 Å². The van der Waals surface area contributed by atoms with E-state index in [1.807, 2.05) is 51.1 Å². The van der Waals surface area contributed by atoms with Crippen LogP contribution in [0, 0.1) is 13.8 Å². The van der Waals surface area contributed by atoms with E-state index < -0.39 is 6.10 Å². The minimum Gasteiger partial charge on any atom is -0.391 e. The summed E-state index contributed by atoms with van der Waals surface area (Å²) in [5.74, 6) is 1.08. The van der Waals surface area contributed by atoms with E-state index in [-0.39, 0.29) is 6.04 Å². The fraction of sp³-hybridized carbons (Fsp3) is 0.300. The van der Waals surface area contributed by atoms with Gasteiger partial charge in [0.25, 0.3) is 0 Å². The van der Waals surface area contributed by atoms with Crippen LogP contribution in [0.4, 0.5) is 17.5 Å². The van der Waals surface area contributed by atoms with Crippen LogP contribution in [0.25, 0.3) is 0 Å². The maximum atomic E-state index is 9.69. The predicted molar refractivity (Wildman–Crippen MR) is 120 cm³/mol. The summed E-state index contributed by atoms with van der Waals surface area (Å²) in [6, 6.07) is 9.74. The van der Waals surface area contributed by atoms with E-state index in [1.165, 1.54) is 11.8 Å². The molecule has 7 nitrogen and oxygen atoms in total. The van der Waals surface area contributed by atoms with Crippen molar-refractivity contribution in [1.29, 1.82) is 0 Å². The van der Waals surface area contributed by atoms with Crippen LogP contribution in [-0.2, 0) is 0 Å². The lowest BCUT2D eigenvalue weighted by Crippen LogP contribution is -2.28. The van der Waals surface area contributed by atoms with Crippen LogP contribution in [-0.4, -0.2) is 37.2 Å². The van der Waals surface area contributed by atoms with E-state index in [9.17, 15) is 5.11 Å². The maximum absolute atomic E-state index is 9.69. The van der Waals surface area contributed by atoms with Crippen LogP contribution in [0.5, 0.6) is 0 Å². The Morgan fingerprint density at radius 1 is 1.03 bits per heavy atom. The first-order chi connectivity index (χ1) is 13.8. The lowest BCUT2D eigenvalue weighted by atomic mass is 10.2. The Bertz CT molecular complexity index is 963. The zero-order valence-corrected chi connectivity index (χ0v) is 19.0. The third kappa shape index (κ3) is 6.12. The summed E-state index contributed by atoms with van der Waals surface area (Å²) < 4.78 is 0.732. The van der Waals surface area contributed by atoms with Crippen molar-refractivity contribution in [2.24, 2.45) is 0 Å². The first-order valence-corrected chi connectivity index (χ1v) is 10.8. The molecule has 2 atom stereocenters. The SMILES string of the molecule is Cc1cc(C)nc(Sc2ccc(Nc3ncc(Br)c(N[C@H](C)[C@@H](C)O)n3)cc2)n1. The summed E-state index contributed by atoms with van der Waals surface area (Å²) in [4.78, 5) is 18.7. The molecule has 0 radical (unpaired) electrons. The van der Waals surface area contributed by atoms with E-state index in [4.69, 9.17) is 0 Å². The number of aromatic nitrogens is 4. The highest BCUT2D eigenvalue weighted by atomic mass is 79.9. The molecule has 29 heavy (non-hydrogen) atoms. The van der Waals surface area contributed by atoms with Crippen molar-refractivity contribution in [2.75, 3.05) is 10.6 Å². The number of benzene rings is 1. The number of hydrogen-bond acceptors (Lipinski definition) is 8. The van der Waals surface area contributed by atoms with Gasteiger partial charge in [-0.05, 0) is 85.7 Å². The largest absolute Gasteiger partial charge is 0.391 e. The zero-order valence-electron chi connectivity index (χ0n) is 16.6. The maximum Gasteiger partial charge on any atom is 0.229 e. The van der Waals surface area contributed by atoms with Crippen LogP contribution >= 0.6 is 27.7 Å². The van der Waals surface area contributed by atoms with E-state index in [0.717, 1.165) is 31.6 Å². The van der Waals surface area contributed by atoms with E-state index in [0.29, 0.717) is 11.8 Å². The first kappa shape index (κ1) is 21.5. The van der Waals surface area contributed by atoms with Crippen molar-refractivity contribution < 1.29 is 5.11 Å². The lowest BCUT2D eigenvalue weighted by molar-refractivity contribution is 0.177. The van der Waals surface area contributed by atoms with Gasteiger partial charge in [0, 0.05) is 28.2 Å². The Kier molecular flexibility index (Phi) is 7.05. The van der Waals surface area contributed by atoms with Gasteiger partial charge in [0.05, 0.1) is 16.6 Å². The fourth-order valence-electron chi connectivity index (χ4n) is 2.44. The van der Waals surface area contributed by atoms with Crippen molar-refractivity contribution in [3.8, 4) is 0 Å². The van der Waals surface area contributed by atoms with Crippen molar-refractivity contribution in [2.45, 2.75) is 49.9 Å². The second kappa shape index (κ2) is 9.51. The Balaban J connectivity index is 1.69. The second-order valence-electron chi connectivity index (χ2n) is 6.75. The Labute approximate surface area is 182 Å². The number of hydrogen-bond donors (Lipinski definition) is 3. The predicted octanol–water partition coefficient (Wildman–Crippen LogP) is 4.72. The molecule has 0 saturated carbocycles. The molecular weight excluding hydrogens is 452 g/mol. The summed E-state index contributed by atoms with van der Waals surface area (Å²) in [6.07, 6.45) is 1.17. The van der Waals surface area contributed by atoms with Crippen LogP contribution in [0.1, 0.15) is 25.2 Å². The van der Waals surface area contributed by atoms with Gasteiger partial charge < -0.3 is 15.7 Å².